The molecule has 0 radical (unpaired) electrons. The number of hydrogen-bond donors (Lipinski definition) is 1. The Morgan fingerprint density at radius 3 is 3.04 bits per heavy atom. The van der Waals surface area contributed by atoms with Gasteiger partial charge in [-0.15, -0.1) is 0 Å². The van der Waals surface area contributed by atoms with Crippen LogP contribution in [0.25, 0.3) is 10.2 Å². The molecule has 1 unspecified atom stereocenters. The Balaban J connectivity index is 1.43. The third-order valence-electron chi connectivity index (χ3n) is 4.61. The minimum Gasteiger partial charge on any atom is -0.494 e. The summed E-state index contributed by atoms with van der Waals surface area (Å²) < 4.78 is 8.17. The summed E-state index contributed by atoms with van der Waals surface area (Å²) in [4.78, 5) is 31.1. The second-order valence-corrected chi connectivity index (χ2v) is 7.71. The van der Waals surface area contributed by atoms with Crippen molar-refractivity contribution in [1.82, 2.24) is 20.1 Å². The number of hydrogen-bond acceptors (Lipinski definition) is 6. The Morgan fingerprint density at radius 1 is 1.43 bits per heavy atom. The Hall–Kier alpha value is -2.94. The standard InChI is InChI=1S/C19H21N5O3S/c1-3-27-14-4-5-15-16(7-14)28-19(22-15)24-11-13(6-17(24)25)18(26)20-8-12-9-21-23(2)10-12/h4-5,7,9-10,13H,3,6,8,11H2,1-2H3,(H,20,26). The highest BCUT2D eigenvalue weighted by molar-refractivity contribution is 7.22. The van der Waals surface area contributed by atoms with Crippen molar-refractivity contribution in [3.8, 4) is 5.75 Å². The lowest BCUT2D eigenvalue weighted by Gasteiger charge is -2.12. The van der Waals surface area contributed by atoms with Gasteiger partial charge in [0.05, 0.1) is 28.9 Å². The number of carbonyl (C=O) groups excluding carboxylic acids is 2. The van der Waals surface area contributed by atoms with Crippen LogP contribution in [0.5, 0.6) is 5.75 Å². The lowest BCUT2D eigenvalue weighted by molar-refractivity contribution is -0.126. The number of aromatic nitrogens is 3. The Morgan fingerprint density at radius 2 is 2.29 bits per heavy atom. The first-order valence-corrected chi connectivity index (χ1v) is 9.94. The zero-order chi connectivity index (χ0) is 19.7. The maximum Gasteiger partial charge on any atom is 0.229 e. The van der Waals surface area contributed by atoms with Gasteiger partial charge < -0.3 is 10.1 Å². The van der Waals surface area contributed by atoms with E-state index in [1.54, 1.807) is 15.8 Å². The highest BCUT2D eigenvalue weighted by atomic mass is 32.1. The van der Waals surface area contributed by atoms with E-state index in [0.717, 1.165) is 21.5 Å². The molecule has 0 aliphatic carbocycles. The monoisotopic (exact) mass is 399 g/mol. The van der Waals surface area contributed by atoms with E-state index in [1.807, 2.05) is 38.4 Å². The van der Waals surface area contributed by atoms with Gasteiger partial charge in [-0.1, -0.05) is 11.3 Å². The number of aryl methyl sites for hydroxylation is 1. The molecule has 0 spiro atoms. The fourth-order valence-electron chi connectivity index (χ4n) is 3.23. The first kappa shape index (κ1) is 18.4. The lowest BCUT2D eigenvalue weighted by atomic mass is 10.1. The van der Waals surface area contributed by atoms with Crippen LogP contribution in [0.1, 0.15) is 18.9 Å². The van der Waals surface area contributed by atoms with Crippen LogP contribution in [-0.4, -0.2) is 39.7 Å². The van der Waals surface area contributed by atoms with Gasteiger partial charge in [-0.05, 0) is 25.1 Å². The quantitative estimate of drug-likeness (QED) is 0.686. The van der Waals surface area contributed by atoms with E-state index in [1.165, 1.54) is 11.3 Å². The van der Waals surface area contributed by atoms with Gasteiger partial charge in [0.25, 0.3) is 0 Å². The average molecular weight is 399 g/mol. The maximum atomic E-state index is 12.5. The summed E-state index contributed by atoms with van der Waals surface area (Å²) in [6.45, 7) is 3.27. The molecular weight excluding hydrogens is 378 g/mol. The summed E-state index contributed by atoms with van der Waals surface area (Å²) in [5, 5.41) is 7.59. The molecule has 3 heterocycles. The molecule has 1 aliphatic heterocycles. The van der Waals surface area contributed by atoms with Crippen LogP contribution >= 0.6 is 11.3 Å². The van der Waals surface area contributed by atoms with E-state index in [-0.39, 0.29) is 24.2 Å². The van der Waals surface area contributed by atoms with Crippen molar-refractivity contribution in [1.29, 1.82) is 0 Å². The molecule has 28 heavy (non-hydrogen) atoms. The molecule has 1 fully saturated rings. The summed E-state index contributed by atoms with van der Waals surface area (Å²) >= 11 is 1.44. The maximum absolute atomic E-state index is 12.5. The van der Waals surface area contributed by atoms with Crippen molar-refractivity contribution in [3.05, 3.63) is 36.2 Å². The first-order chi connectivity index (χ1) is 13.5. The fourth-order valence-corrected chi connectivity index (χ4v) is 4.25. The molecule has 4 rings (SSSR count). The highest BCUT2D eigenvalue weighted by Gasteiger charge is 2.36. The van der Waals surface area contributed by atoms with Gasteiger partial charge in [0.1, 0.15) is 5.75 Å². The number of amides is 2. The number of rotatable bonds is 6. The molecular formula is C19H21N5O3S. The summed E-state index contributed by atoms with van der Waals surface area (Å²) in [5.74, 6) is 0.200. The molecule has 146 valence electrons. The first-order valence-electron chi connectivity index (χ1n) is 9.12. The number of nitrogens with one attached hydrogen (secondary N) is 1. The molecule has 1 atom stereocenters. The minimum absolute atomic E-state index is 0.0781. The normalized spacial score (nSPS) is 16.7. The van der Waals surface area contributed by atoms with E-state index in [2.05, 4.69) is 15.4 Å². The molecule has 1 aromatic carbocycles. The SMILES string of the molecule is CCOc1ccc2nc(N3CC(C(=O)NCc4cnn(C)c4)CC3=O)sc2c1. The van der Waals surface area contributed by atoms with Crippen LogP contribution in [0, 0.1) is 5.92 Å². The lowest BCUT2D eigenvalue weighted by Crippen LogP contribution is -2.32. The average Bonchev–Trinajstić information content (AvgIpc) is 3.37. The number of benzene rings is 1. The van der Waals surface area contributed by atoms with E-state index < -0.39 is 0 Å². The van der Waals surface area contributed by atoms with Crippen molar-refractivity contribution >= 4 is 38.5 Å². The number of fused-ring (bicyclic) bond motifs is 1. The van der Waals surface area contributed by atoms with Gasteiger partial charge >= 0.3 is 0 Å². The molecule has 1 aliphatic rings. The summed E-state index contributed by atoms with van der Waals surface area (Å²) in [5.41, 5.74) is 1.74. The second kappa shape index (κ2) is 7.59. The molecule has 1 saturated heterocycles. The van der Waals surface area contributed by atoms with Gasteiger partial charge in [0, 0.05) is 38.3 Å². The molecule has 8 nitrogen and oxygen atoms in total. The summed E-state index contributed by atoms with van der Waals surface area (Å²) in [6.07, 6.45) is 3.76. The summed E-state index contributed by atoms with van der Waals surface area (Å²) in [6, 6.07) is 5.69. The van der Waals surface area contributed by atoms with Crippen LogP contribution in [0.2, 0.25) is 0 Å². The number of ether oxygens (including phenoxy) is 1. The van der Waals surface area contributed by atoms with E-state index >= 15 is 0 Å². The minimum atomic E-state index is -0.379. The topological polar surface area (TPSA) is 89.3 Å². The third kappa shape index (κ3) is 3.70. The van der Waals surface area contributed by atoms with Crippen molar-refractivity contribution in [2.45, 2.75) is 19.9 Å². The Kier molecular flexibility index (Phi) is 4.99. The predicted molar refractivity (Wildman–Crippen MR) is 106 cm³/mol. The molecule has 0 saturated carbocycles. The molecule has 2 aromatic heterocycles. The molecule has 0 bridgehead atoms. The van der Waals surface area contributed by atoms with Crippen molar-refractivity contribution in [2.24, 2.45) is 13.0 Å². The van der Waals surface area contributed by atoms with Gasteiger partial charge in [0.2, 0.25) is 11.8 Å². The number of anilines is 1. The molecule has 9 heteroatoms. The van der Waals surface area contributed by atoms with Crippen LogP contribution in [0.4, 0.5) is 5.13 Å². The zero-order valence-corrected chi connectivity index (χ0v) is 16.5. The van der Waals surface area contributed by atoms with Gasteiger partial charge in [-0.25, -0.2) is 4.98 Å². The highest BCUT2D eigenvalue weighted by Crippen LogP contribution is 2.34. The zero-order valence-electron chi connectivity index (χ0n) is 15.7. The van der Waals surface area contributed by atoms with Gasteiger partial charge in [0.15, 0.2) is 5.13 Å². The Labute approximate surface area is 166 Å². The van der Waals surface area contributed by atoms with Gasteiger partial charge in [-0.2, -0.15) is 5.10 Å². The largest absolute Gasteiger partial charge is 0.494 e. The van der Waals surface area contributed by atoms with E-state index in [0.29, 0.717) is 24.8 Å². The van der Waals surface area contributed by atoms with Crippen LogP contribution in [-0.2, 0) is 23.2 Å². The molecule has 2 amide bonds. The van der Waals surface area contributed by atoms with Gasteiger partial charge in [-0.3, -0.25) is 19.2 Å². The molecule has 3 aromatic rings. The van der Waals surface area contributed by atoms with Crippen LogP contribution < -0.4 is 15.0 Å². The third-order valence-corrected chi connectivity index (χ3v) is 5.65. The predicted octanol–water partition coefficient (Wildman–Crippen LogP) is 2.10. The fraction of sp³-hybridized carbons (Fsp3) is 0.368. The number of thiazole rings is 1. The number of carbonyl (C=O) groups is 2. The van der Waals surface area contributed by atoms with Crippen molar-refractivity contribution in [3.63, 3.8) is 0 Å². The summed E-state index contributed by atoms with van der Waals surface area (Å²) in [7, 11) is 1.83. The van der Waals surface area contributed by atoms with Crippen molar-refractivity contribution < 1.29 is 14.3 Å². The Bertz CT molecular complexity index is 1030. The van der Waals surface area contributed by atoms with Crippen LogP contribution in [0.3, 0.4) is 0 Å². The smallest absolute Gasteiger partial charge is 0.229 e. The second-order valence-electron chi connectivity index (χ2n) is 6.70. The number of nitrogens with zero attached hydrogens (tertiary/aromatic N) is 4. The van der Waals surface area contributed by atoms with Crippen LogP contribution in [0.15, 0.2) is 30.6 Å². The van der Waals surface area contributed by atoms with Crippen molar-refractivity contribution in [2.75, 3.05) is 18.1 Å². The van der Waals surface area contributed by atoms with E-state index in [4.69, 9.17) is 4.74 Å². The molecule has 1 N–H and O–H groups in total. The van der Waals surface area contributed by atoms with E-state index in [9.17, 15) is 9.59 Å².